The molecule has 66 valence electrons. The van der Waals surface area contributed by atoms with E-state index in [0.29, 0.717) is 0 Å². The van der Waals surface area contributed by atoms with Crippen molar-refractivity contribution >= 4 is 44.9 Å². The van der Waals surface area contributed by atoms with Crippen LogP contribution < -0.4 is 5.46 Å². The van der Waals surface area contributed by atoms with Gasteiger partial charge < -0.3 is 0 Å². The first kappa shape index (κ1) is 8.00. The third-order valence-corrected chi connectivity index (χ3v) is 3.74. The Morgan fingerprint density at radius 1 is 1.07 bits per heavy atom. The smallest absolute Gasteiger partial charge is 0.141 e. The molecule has 0 unspecified atom stereocenters. The number of hydrogen-bond donors (Lipinski definition) is 0. The second kappa shape index (κ2) is 2.82. The second-order valence-electron chi connectivity index (χ2n) is 3.41. The third-order valence-electron chi connectivity index (χ3n) is 2.47. The minimum Gasteiger partial charge on any atom is -0.245 e. The summed E-state index contributed by atoms with van der Waals surface area (Å²) in [5.74, 6) is 0. The van der Waals surface area contributed by atoms with Crippen LogP contribution in [0.15, 0.2) is 36.5 Å². The molecule has 3 heteroatoms. The quantitative estimate of drug-likeness (QED) is 0.500. The Balaban J connectivity index is 2.63. The SMILES string of the molecule is Bc1cccc2c1sc1ncccc12. The molecule has 0 aliphatic heterocycles. The number of benzene rings is 1. The summed E-state index contributed by atoms with van der Waals surface area (Å²) < 4.78 is 1.36. The second-order valence-corrected chi connectivity index (χ2v) is 4.41. The lowest BCUT2D eigenvalue weighted by Gasteiger charge is -1.93. The van der Waals surface area contributed by atoms with Gasteiger partial charge in [-0.1, -0.05) is 23.7 Å². The van der Waals surface area contributed by atoms with Gasteiger partial charge in [-0.25, -0.2) is 4.98 Å². The molecule has 2 heterocycles. The summed E-state index contributed by atoms with van der Waals surface area (Å²) in [6, 6.07) is 10.6. The summed E-state index contributed by atoms with van der Waals surface area (Å²) in [5, 5.41) is 2.61. The topological polar surface area (TPSA) is 12.9 Å². The molecule has 0 bridgehead atoms. The molecule has 0 atom stereocenters. The van der Waals surface area contributed by atoms with E-state index < -0.39 is 0 Å². The molecule has 2 aromatic heterocycles. The van der Waals surface area contributed by atoms with Gasteiger partial charge in [0.15, 0.2) is 0 Å². The molecule has 1 nitrogen and oxygen atoms in total. The molecule has 1 aromatic carbocycles. The summed E-state index contributed by atoms with van der Waals surface area (Å²) in [6.45, 7) is 0. The normalized spacial score (nSPS) is 11.1. The number of pyridine rings is 1. The van der Waals surface area contributed by atoms with Crippen molar-refractivity contribution in [1.29, 1.82) is 0 Å². The molecule has 3 aromatic rings. The van der Waals surface area contributed by atoms with Gasteiger partial charge in [-0.3, -0.25) is 0 Å². The van der Waals surface area contributed by atoms with Crippen LogP contribution in [0, 0.1) is 0 Å². The first-order chi connectivity index (χ1) is 6.86. The van der Waals surface area contributed by atoms with E-state index in [1.54, 1.807) is 11.3 Å². The molecule has 0 N–H and O–H groups in total. The van der Waals surface area contributed by atoms with Crippen LogP contribution >= 0.6 is 11.3 Å². The Morgan fingerprint density at radius 2 is 1.93 bits per heavy atom. The molecular formula is C11H8BNS. The maximum Gasteiger partial charge on any atom is 0.141 e. The molecular weight excluding hydrogens is 189 g/mol. The maximum atomic E-state index is 4.38. The summed E-state index contributed by atoms with van der Waals surface area (Å²) >= 11 is 1.78. The Labute approximate surface area is 86.8 Å². The standard InChI is InChI=1S/C11H8BNS/c12-9-5-1-3-7-8-4-2-6-13-11(8)14-10(7)9/h1-6H,12H2. The number of rotatable bonds is 0. The molecule has 0 spiro atoms. The molecule has 0 amide bonds. The van der Waals surface area contributed by atoms with Crippen molar-refractivity contribution in [3.63, 3.8) is 0 Å². The van der Waals surface area contributed by atoms with Crippen LogP contribution in [0.5, 0.6) is 0 Å². The van der Waals surface area contributed by atoms with Crippen molar-refractivity contribution in [2.24, 2.45) is 0 Å². The average molecular weight is 197 g/mol. The summed E-state index contributed by atoms with van der Waals surface area (Å²) in [7, 11) is 2.15. The lowest BCUT2D eigenvalue weighted by molar-refractivity contribution is 1.45. The van der Waals surface area contributed by atoms with E-state index in [9.17, 15) is 0 Å². The molecule has 0 aliphatic carbocycles. The molecule has 0 fully saturated rings. The maximum absolute atomic E-state index is 4.38. The van der Waals surface area contributed by atoms with E-state index >= 15 is 0 Å². The van der Waals surface area contributed by atoms with Crippen molar-refractivity contribution in [3.05, 3.63) is 36.5 Å². The minimum absolute atomic E-state index is 1.14. The third kappa shape index (κ3) is 0.991. The first-order valence-electron chi connectivity index (χ1n) is 4.59. The Bertz CT molecular complexity index is 615. The predicted octanol–water partition coefficient (Wildman–Crippen LogP) is 1.71. The van der Waals surface area contributed by atoms with Crippen LogP contribution in [0.1, 0.15) is 0 Å². The predicted molar refractivity (Wildman–Crippen MR) is 65.3 cm³/mol. The molecule has 0 radical (unpaired) electrons. The monoisotopic (exact) mass is 197 g/mol. The van der Waals surface area contributed by atoms with Crippen molar-refractivity contribution in [2.45, 2.75) is 0 Å². The number of aromatic nitrogens is 1. The number of fused-ring (bicyclic) bond motifs is 3. The first-order valence-corrected chi connectivity index (χ1v) is 5.41. The number of hydrogen-bond acceptors (Lipinski definition) is 2. The van der Waals surface area contributed by atoms with Crippen LogP contribution in [0.3, 0.4) is 0 Å². The van der Waals surface area contributed by atoms with Gasteiger partial charge in [0.2, 0.25) is 0 Å². The molecule has 0 saturated heterocycles. The number of thiophene rings is 1. The molecule has 3 rings (SSSR count). The van der Waals surface area contributed by atoms with Gasteiger partial charge in [-0.05, 0) is 12.1 Å². The van der Waals surface area contributed by atoms with Gasteiger partial charge in [0.25, 0.3) is 0 Å². The fourth-order valence-corrected chi connectivity index (χ4v) is 2.89. The Morgan fingerprint density at radius 3 is 2.86 bits per heavy atom. The highest BCUT2D eigenvalue weighted by molar-refractivity contribution is 7.26. The van der Waals surface area contributed by atoms with E-state index in [4.69, 9.17) is 0 Å². The highest BCUT2D eigenvalue weighted by Crippen LogP contribution is 2.30. The van der Waals surface area contributed by atoms with Crippen LogP contribution in [-0.2, 0) is 0 Å². The zero-order chi connectivity index (χ0) is 9.54. The van der Waals surface area contributed by atoms with Crippen molar-refractivity contribution in [3.8, 4) is 0 Å². The van der Waals surface area contributed by atoms with E-state index in [1.807, 2.05) is 12.3 Å². The van der Waals surface area contributed by atoms with Crippen molar-refractivity contribution in [1.82, 2.24) is 4.98 Å². The molecule has 0 saturated carbocycles. The zero-order valence-electron chi connectivity index (χ0n) is 7.82. The van der Waals surface area contributed by atoms with Gasteiger partial charge in [-0.2, -0.15) is 0 Å². The van der Waals surface area contributed by atoms with E-state index in [2.05, 4.69) is 37.1 Å². The van der Waals surface area contributed by atoms with Gasteiger partial charge in [-0.15, -0.1) is 11.3 Å². The minimum atomic E-state index is 1.14. The summed E-state index contributed by atoms with van der Waals surface area (Å²) in [6.07, 6.45) is 1.85. The van der Waals surface area contributed by atoms with Gasteiger partial charge >= 0.3 is 0 Å². The molecule has 14 heavy (non-hydrogen) atoms. The fourth-order valence-electron chi connectivity index (χ4n) is 1.77. The zero-order valence-corrected chi connectivity index (χ0v) is 8.64. The van der Waals surface area contributed by atoms with Crippen LogP contribution in [0.25, 0.3) is 20.3 Å². The van der Waals surface area contributed by atoms with E-state index in [1.165, 1.54) is 20.9 Å². The van der Waals surface area contributed by atoms with Gasteiger partial charge in [0, 0.05) is 21.7 Å². The lowest BCUT2D eigenvalue weighted by Crippen LogP contribution is -1.99. The van der Waals surface area contributed by atoms with E-state index in [0.717, 1.165) is 4.83 Å². The average Bonchev–Trinajstić information content (AvgIpc) is 2.59. The summed E-state index contributed by atoms with van der Waals surface area (Å²) in [4.78, 5) is 5.51. The lowest BCUT2D eigenvalue weighted by atomic mass is 9.95. The van der Waals surface area contributed by atoms with E-state index in [-0.39, 0.29) is 0 Å². The largest absolute Gasteiger partial charge is 0.245 e. The van der Waals surface area contributed by atoms with Gasteiger partial charge in [0.1, 0.15) is 12.7 Å². The number of nitrogens with zero attached hydrogens (tertiary/aromatic N) is 1. The van der Waals surface area contributed by atoms with Crippen LogP contribution in [-0.4, -0.2) is 12.8 Å². The highest BCUT2D eigenvalue weighted by atomic mass is 32.1. The Kier molecular flexibility index (Phi) is 1.61. The Hall–Kier alpha value is -1.35. The van der Waals surface area contributed by atoms with Crippen molar-refractivity contribution < 1.29 is 0 Å². The molecule has 0 aliphatic rings. The highest BCUT2D eigenvalue weighted by Gasteiger charge is 2.05. The van der Waals surface area contributed by atoms with Crippen molar-refractivity contribution in [2.75, 3.05) is 0 Å². The fraction of sp³-hybridized carbons (Fsp3) is 0. The van der Waals surface area contributed by atoms with Crippen LogP contribution in [0.2, 0.25) is 0 Å². The summed E-state index contributed by atoms with van der Waals surface area (Å²) in [5.41, 5.74) is 1.34. The van der Waals surface area contributed by atoms with Crippen LogP contribution in [0.4, 0.5) is 0 Å². The van der Waals surface area contributed by atoms with Gasteiger partial charge in [0.05, 0.1) is 0 Å².